The van der Waals surface area contributed by atoms with Crippen molar-refractivity contribution in [2.45, 2.75) is 12.3 Å². The summed E-state index contributed by atoms with van der Waals surface area (Å²) in [5.74, 6) is 0.0439. The molecule has 0 saturated heterocycles. The molecule has 18 heavy (non-hydrogen) atoms. The standard InChI is InChI=1S/C13H18ClFO3/c1-16-6-3-7-17-8-9-18-13-11(10-14)4-2-5-12(13)15/h2,4-5H,3,6-10H2,1H3. The van der Waals surface area contributed by atoms with Gasteiger partial charge in [0.25, 0.3) is 0 Å². The molecule has 0 saturated carbocycles. The molecule has 0 N–H and O–H groups in total. The van der Waals surface area contributed by atoms with Gasteiger partial charge in [0, 0.05) is 25.9 Å². The summed E-state index contributed by atoms with van der Waals surface area (Å²) in [5, 5.41) is 0. The van der Waals surface area contributed by atoms with Gasteiger partial charge in [-0.3, -0.25) is 0 Å². The molecular formula is C13H18ClFO3. The second-order valence-electron chi connectivity index (χ2n) is 3.67. The van der Waals surface area contributed by atoms with E-state index in [0.29, 0.717) is 32.0 Å². The van der Waals surface area contributed by atoms with Crippen LogP contribution in [0.15, 0.2) is 18.2 Å². The topological polar surface area (TPSA) is 27.7 Å². The van der Waals surface area contributed by atoms with Crippen LogP contribution in [-0.2, 0) is 15.4 Å². The lowest BCUT2D eigenvalue weighted by Gasteiger charge is -2.11. The lowest BCUT2D eigenvalue weighted by Crippen LogP contribution is -2.10. The molecule has 0 bridgehead atoms. The maximum atomic E-state index is 13.5. The predicted octanol–water partition coefficient (Wildman–Crippen LogP) is 3.00. The molecular weight excluding hydrogens is 259 g/mol. The van der Waals surface area contributed by atoms with Crippen LogP contribution in [-0.4, -0.2) is 33.5 Å². The van der Waals surface area contributed by atoms with Crippen LogP contribution in [0.2, 0.25) is 0 Å². The van der Waals surface area contributed by atoms with Crippen molar-refractivity contribution in [2.24, 2.45) is 0 Å². The zero-order valence-corrected chi connectivity index (χ0v) is 11.2. The normalized spacial score (nSPS) is 10.6. The molecule has 1 aromatic rings. The number of benzene rings is 1. The first-order valence-corrected chi connectivity index (χ1v) is 6.36. The summed E-state index contributed by atoms with van der Waals surface area (Å²) in [7, 11) is 1.65. The van der Waals surface area contributed by atoms with E-state index in [1.807, 2.05) is 0 Å². The van der Waals surface area contributed by atoms with Crippen molar-refractivity contribution in [3.63, 3.8) is 0 Å². The molecule has 0 aliphatic carbocycles. The summed E-state index contributed by atoms with van der Waals surface area (Å²) in [6, 6.07) is 4.71. The summed E-state index contributed by atoms with van der Waals surface area (Å²) in [5.41, 5.74) is 0.649. The highest BCUT2D eigenvalue weighted by molar-refractivity contribution is 6.17. The number of alkyl halides is 1. The Hall–Kier alpha value is -0.840. The first-order chi connectivity index (χ1) is 8.79. The van der Waals surface area contributed by atoms with E-state index in [9.17, 15) is 4.39 Å². The van der Waals surface area contributed by atoms with E-state index < -0.39 is 5.82 Å². The molecule has 0 fully saturated rings. The Bertz CT molecular complexity index is 347. The van der Waals surface area contributed by atoms with Crippen molar-refractivity contribution in [2.75, 3.05) is 33.5 Å². The van der Waals surface area contributed by atoms with Crippen LogP contribution in [0.1, 0.15) is 12.0 Å². The van der Waals surface area contributed by atoms with Crippen molar-refractivity contribution in [3.05, 3.63) is 29.6 Å². The summed E-state index contributed by atoms with van der Waals surface area (Å²) < 4.78 is 29.0. The van der Waals surface area contributed by atoms with Crippen LogP contribution in [0.5, 0.6) is 5.75 Å². The maximum absolute atomic E-state index is 13.5. The van der Waals surface area contributed by atoms with Crippen molar-refractivity contribution in [1.29, 1.82) is 0 Å². The van der Waals surface area contributed by atoms with E-state index in [4.69, 9.17) is 25.8 Å². The fourth-order valence-electron chi connectivity index (χ4n) is 1.43. The molecule has 5 heteroatoms. The van der Waals surface area contributed by atoms with Gasteiger partial charge in [-0.1, -0.05) is 12.1 Å². The predicted molar refractivity (Wildman–Crippen MR) is 68.8 cm³/mol. The van der Waals surface area contributed by atoms with Gasteiger partial charge in [0.05, 0.1) is 12.5 Å². The Morgan fingerprint density at radius 3 is 2.72 bits per heavy atom. The minimum Gasteiger partial charge on any atom is -0.488 e. The van der Waals surface area contributed by atoms with Crippen LogP contribution >= 0.6 is 11.6 Å². The van der Waals surface area contributed by atoms with Crippen molar-refractivity contribution in [3.8, 4) is 5.75 Å². The summed E-state index contributed by atoms with van der Waals surface area (Å²) in [6.07, 6.45) is 0.836. The van der Waals surface area contributed by atoms with Gasteiger partial charge in [-0.05, 0) is 12.5 Å². The largest absolute Gasteiger partial charge is 0.488 e. The summed E-state index contributed by atoms with van der Waals surface area (Å²) >= 11 is 5.71. The van der Waals surface area contributed by atoms with Gasteiger partial charge in [-0.15, -0.1) is 11.6 Å². The molecule has 1 rings (SSSR count). The van der Waals surface area contributed by atoms with Gasteiger partial charge in [0.2, 0.25) is 0 Å². The second kappa shape index (κ2) is 9.14. The summed E-state index contributed by atoms with van der Waals surface area (Å²) in [4.78, 5) is 0. The number of hydrogen-bond acceptors (Lipinski definition) is 3. The van der Waals surface area contributed by atoms with E-state index in [-0.39, 0.29) is 11.6 Å². The Morgan fingerprint density at radius 1 is 1.17 bits per heavy atom. The minimum absolute atomic E-state index is 0.216. The van der Waals surface area contributed by atoms with E-state index in [1.54, 1.807) is 19.2 Å². The molecule has 0 heterocycles. The molecule has 0 unspecified atom stereocenters. The number of hydrogen-bond donors (Lipinski definition) is 0. The maximum Gasteiger partial charge on any atom is 0.165 e. The fraction of sp³-hybridized carbons (Fsp3) is 0.538. The molecule has 1 aromatic carbocycles. The molecule has 0 spiro atoms. The third kappa shape index (κ3) is 5.21. The molecule has 3 nitrogen and oxygen atoms in total. The first-order valence-electron chi connectivity index (χ1n) is 5.82. The first kappa shape index (κ1) is 15.2. The molecule has 0 atom stereocenters. The zero-order chi connectivity index (χ0) is 13.2. The van der Waals surface area contributed by atoms with Crippen LogP contribution in [0, 0.1) is 5.82 Å². The van der Waals surface area contributed by atoms with Crippen molar-refractivity contribution < 1.29 is 18.6 Å². The number of ether oxygens (including phenoxy) is 3. The molecule has 0 aliphatic rings. The smallest absolute Gasteiger partial charge is 0.165 e. The van der Waals surface area contributed by atoms with Gasteiger partial charge in [-0.25, -0.2) is 4.39 Å². The van der Waals surface area contributed by atoms with E-state index in [0.717, 1.165) is 6.42 Å². The lowest BCUT2D eigenvalue weighted by atomic mass is 10.2. The number of methoxy groups -OCH3 is 1. The number of para-hydroxylation sites is 1. The Morgan fingerprint density at radius 2 is 2.00 bits per heavy atom. The average Bonchev–Trinajstić information content (AvgIpc) is 2.39. The van der Waals surface area contributed by atoms with Crippen LogP contribution in [0.4, 0.5) is 4.39 Å². The average molecular weight is 277 g/mol. The van der Waals surface area contributed by atoms with E-state index in [2.05, 4.69) is 0 Å². The van der Waals surface area contributed by atoms with E-state index >= 15 is 0 Å². The molecule has 102 valence electrons. The van der Waals surface area contributed by atoms with Gasteiger partial charge in [-0.2, -0.15) is 0 Å². The third-order valence-electron chi connectivity index (χ3n) is 2.30. The van der Waals surface area contributed by atoms with Crippen molar-refractivity contribution in [1.82, 2.24) is 0 Å². The minimum atomic E-state index is -0.396. The van der Waals surface area contributed by atoms with Gasteiger partial charge in [0.1, 0.15) is 6.61 Å². The van der Waals surface area contributed by atoms with Gasteiger partial charge in [0.15, 0.2) is 11.6 Å². The Kier molecular flexibility index (Phi) is 7.73. The van der Waals surface area contributed by atoms with Crippen LogP contribution < -0.4 is 4.74 Å². The number of halogens is 2. The van der Waals surface area contributed by atoms with Gasteiger partial charge >= 0.3 is 0 Å². The molecule has 0 radical (unpaired) electrons. The van der Waals surface area contributed by atoms with Crippen molar-refractivity contribution >= 4 is 11.6 Å². The quantitative estimate of drug-likeness (QED) is 0.513. The molecule has 0 aromatic heterocycles. The highest BCUT2D eigenvalue weighted by Crippen LogP contribution is 2.23. The molecule has 0 aliphatic heterocycles. The zero-order valence-electron chi connectivity index (χ0n) is 10.5. The Balaban J connectivity index is 2.26. The SMILES string of the molecule is COCCCOCCOc1c(F)cccc1CCl. The van der Waals surface area contributed by atoms with Crippen LogP contribution in [0.3, 0.4) is 0 Å². The van der Waals surface area contributed by atoms with E-state index in [1.165, 1.54) is 6.07 Å². The van der Waals surface area contributed by atoms with Crippen LogP contribution in [0.25, 0.3) is 0 Å². The lowest BCUT2D eigenvalue weighted by molar-refractivity contribution is 0.0795. The Labute approximate surface area is 112 Å². The monoisotopic (exact) mass is 276 g/mol. The summed E-state index contributed by atoms with van der Waals surface area (Å²) in [6.45, 7) is 2.00. The third-order valence-corrected chi connectivity index (χ3v) is 2.59. The fourth-order valence-corrected chi connectivity index (χ4v) is 1.64. The van der Waals surface area contributed by atoms with Gasteiger partial charge < -0.3 is 14.2 Å². The highest BCUT2D eigenvalue weighted by atomic mass is 35.5. The number of rotatable bonds is 9. The highest BCUT2D eigenvalue weighted by Gasteiger charge is 2.08. The molecule has 0 amide bonds. The second-order valence-corrected chi connectivity index (χ2v) is 3.94.